The van der Waals surface area contributed by atoms with Crippen molar-refractivity contribution in [3.05, 3.63) is 58.3 Å². The maximum absolute atomic E-state index is 12.0. The monoisotopic (exact) mass is 290 g/mol. The third-order valence-electron chi connectivity index (χ3n) is 2.41. The zero-order valence-corrected chi connectivity index (χ0v) is 10.9. The number of halogens is 1. The van der Waals surface area contributed by atoms with Gasteiger partial charge < -0.3 is 5.32 Å². The van der Waals surface area contributed by atoms with Crippen molar-refractivity contribution < 1.29 is 4.79 Å². The number of pyridine rings is 1. The summed E-state index contributed by atoms with van der Waals surface area (Å²) in [5.41, 5.74) is 2.24. The molecule has 1 heterocycles. The topological polar surface area (TPSA) is 42.0 Å². The van der Waals surface area contributed by atoms with Crippen LogP contribution in [0.1, 0.15) is 15.9 Å². The van der Waals surface area contributed by atoms with Gasteiger partial charge in [-0.3, -0.25) is 9.78 Å². The van der Waals surface area contributed by atoms with Crippen molar-refractivity contribution in [1.29, 1.82) is 0 Å². The van der Waals surface area contributed by atoms with Crippen molar-refractivity contribution in [2.75, 3.05) is 5.32 Å². The molecule has 1 aromatic carbocycles. The number of para-hydroxylation sites is 1. The van der Waals surface area contributed by atoms with Crippen LogP contribution >= 0.6 is 15.9 Å². The van der Waals surface area contributed by atoms with E-state index in [-0.39, 0.29) is 5.91 Å². The molecule has 2 aromatic rings. The molecule has 1 aromatic heterocycles. The van der Waals surface area contributed by atoms with E-state index in [1.807, 2.05) is 37.3 Å². The van der Waals surface area contributed by atoms with E-state index in [1.54, 1.807) is 12.4 Å². The van der Waals surface area contributed by atoms with E-state index < -0.39 is 0 Å². The summed E-state index contributed by atoms with van der Waals surface area (Å²) in [6, 6.07) is 9.31. The summed E-state index contributed by atoms with van der Waals surface area (Å²) in [5, 5.41) is 2.84. The molecule has 0 saturated heterocycles. The number of rotatable bonds is 2. The summed E-state index contributed by atoms with van der Waals surface area (Å²) >= 11 is 3.39. The molecule has 1 amide bonds. The molecule has 2 rings (SSSR count). The average Bonchev–Trinajstić information content (AvgIpc) is 2.32. The minimum absolute atomic E-state index is 0.150. The third kappa shape index (κ3) is 2.71. The van der Waals surface area contributed by atoms with Gasteiger partial charge in [-0.15, -0.1) is 0 Å². The van der Waals surface area contributed by atoms with Gasteiger partial charge in [0.1, 0.15) is 0 Å². The van der Waals surface area contributed by atoms with E-state index in [9.17, 15) is 4.79 Å². The number of hydrogen-bond donors (Lipinski definition) is 1. The fourth-order valence-electron chi connectivity index (χ4n) is 1.45. The summed E-state index contributed by atoms with van der Waals surface area (Å²) in [4.78, 5) is 16.0. The van der Waals surface area contributed by atoms with Crippen LogP contribution in [-0.2, 0) is 0 Å². The van der Waals surface area contributed by atoms with E-state index in [2.05, 4.69) is 26.2 Å². The quantitative estimate of drug-likeness (QED) is 0.921. The van der Waals surface area contributed by atoms with Crippen LogP contribution in [0, 0.1) is 6.92 Å². The van der Waals surface area contributed by atoms with Gasteiger partial charge in [0.15, 0.2) is 0 Å². The lowest BCUT2D eigenvalue weighted by Crippen LogP contribution is -2.13. The van der Waals surface area contributed by atoms with Gasteiger partial charge in [-0.2, -0.15) is 0 Å². The first-order valence-electron chi connectivity index (χ1n) is 5.15. The van der Waals surface area contributed by atoms with Crippen molar-refractivity contribution in [2.24, 2.45) is 0 Å². The Morgan fingerprint density at radius 2 is 2.06 bits per heavy atom. The van der Waals surface area contributed by atoms with Gasteiger partial charge in [-0.25, -0.2) is 0 Å². The lowest BCUT2D eigenvalue weighted by atomic mass is 10.1. The van der Waals surface area contributed by atoms with Gasteiger partial charge in [0.05, 0.1) is 11.3 Å². The van der Waals surface area contributed by atoms with Crippen LogP contribution in [0.15, 0.2) is 47.2 Å². The summed E-state index contributed by atoms with van der Waals surface area (Å²) in [5.74, 6) is -0.150. The van der Waals surface area contributed by atoms with Crippen molar-refractivity contribution >= 4 is 27.5 Å². The Bertz CT molecular complexity index is 555. The molecule has 86 valence electrons. The molecule has 0 radical (unpaired) electrons. The van der Waals surface area contributed by atoms with Crippen LogP contribution in [-0.4, -0.2) is 10.9 Å². The first kappa shape index (κ1) is 11.8. The molecular formula is C13H11BrN2O. The molecule has 0 fully saturated rings. The number of aromatic nitrogens is 1. The van der Waals surface area contributed by atoms with E-state index in [1.165, 1.54) is 0 Å². The number of amides is 1. The zero-order chi connectivity index (χ0) is 12.3. The van der Waals surface area contributed by atoms with Crippen molar-refractivity contribution in [3.63, 3.8) is 0 Å². The number of carbonyl (C=O) groups excluding carboxylic acids is 1. The lowest BCUT2D eigenvalue weighted by molar-refractivity contribution is 0.102. The molecule has 1 N–H and O–H groups in total. The first-order valence-corrected chi connectivity index (χ1v) is 5.94. The van der Waals surface area contributed by atoms with Gasteiger partial charge in [-0.05, 0) is 46.6 Å². The maximum Gasteiger partial charge on any atom is 0.257 e. The summed E-state index contributed by atoms with van der Waals surface area (Å²) < 4.78 is 0.856. The number of carbonyl (C=O) groups is 1. The number of aryl methyl sites for hydroxylation is 1. The molecule has 3 nitrogen and oxygen atoms in total. The standard InChI is InChI=1S/C13H11BrN2O/c1-9-6-7-15-8-10(9)13(17)16-12-5-3-2-4-11(12)14/h2-8H,1H3,(H,16,17). The fraction of sp³-hybridized carbons (Fsp3) is 0.0769. The predicted octanol–water partition coefficient (Wildman–Crippen LogP) is 3.40. The highest BCUT2D eigenvalue weighted by molar-refractivity contribution is 9.10. The second kappa shape index (κ2) is 5.10. The van der Waals surface area contributed by atoms with Crippen LogP contribution in [0.5, 0.6) is 0 Å². The average molecular weight is 291 g/mol. The second-order valence-corrected chi connectivity index (χ2v) is 4.48. The SMILES string of the molecule is Cc1ccncc1C(=O)Nc1ccccc1Br. The number of benzene rings is 1. The normalized spacial score (nSPS) is 10.0. The molecule has 0 atom stereocenters. The van der Waals surface area contributed by atoms with Crippen molar-refractivity contribution in [1.82, 2.24) is 4.98 Å². The number of anilines is 1. The van der Waals surface area contributed by atoms with E-state index in [0.29, 0.717) is 5.56 Å². The van der Waals surface area contributed by atoms with Gasteiger partial charge in [0, 0.05) is 16.9 Å². The minimum atomic E-state index is -0.150. The largest absolute Gasteiger partial charge is 0.321 e. The second-order valence-electron chi connectivity index (χ2n) is 3.62. The Morgan fingerprint density at radius 3 is 2.76 bits per heavy atom. The first-order chi connectivity index (χ1) is 8.18. The van der Waals surface area contributed by atoms with Gasteiger partial charge in [-0.1, -0.05) is 12.1 Å². The minimum Gasteiger partial charge on any atom is -0.321 e. The Kier molecular flexibility index (Phi) is 3.54. The summed E-state index contributed by atoms with van der Waals surface area (Å²) in [6.07, 6.45) is 3.24. The number of nitrogens with zero attached hydrogens (tertiary/aromatic N) is 1. The number of hydrogen-bond acceptors (Lipinski definition) is 2. The molecule has 0 spiro atoms. The predicted molar refractivity (Wildman–Crippen MR) is 71.1 cm³/mol. The Balaban J connectivity index is 2.24. The molecule has 0 bridgehead atoms. The summed E-state index contributed by atoms with van der Waals surface area (Å²) in [7, 11) is 0. The van der Waals surface area contributed by atoms with Crippen LogP contribution < -0.4 is 5.32 Å². The third-order valence-corrected chi connectivity index (χ3v) is 3.10. The zero-order valence-electron chi connectivity index (χ0n) is 9.27. The highest BCUT2D eigenvalue weighted by atomic mass is 79.9. The smallest absolute Gasteiger partial charge is 0.257 e. The maximum atomic E-state index is 12.0. The Labute approximate surface area is 108 Å². The molecular weight excluding hydrogens is 280 g/mol. The van der Waals surface area contributed by atoms with E-state index >= 15 is 0 Å². The van der Waals surface area contributed by atoms with Crippen molar-refractivity contribution in [3.8, 4) is 0 Å². The van der Waals surface area contributed by atoms with Crippen LogP contribution in [0.25, 0.3) is 0 Å². The van der Waals surface area contributed by atoms with Gasteiger partial charge in [0.2, 0.25) is 0 Å². The van der Waals surface area contributed by atoms with Crippen LogP contribution in [0.3, 0.4) is 0 Å². The highest BCUT2D eigenvalue weighted by Gasteiger charge is 2.10. The Morgan fingerprint density at radius 1 is 1.29 bits per heavy atom. The highest BCUT2D eigenvalue weighted by Crippen LogP contribution is 2.22. The molecule has 0 aliphatic rings. The molecule has 0 aliphatic carbocycles. The number of nitrogens with one attached hydrogen (secondary N) is 1. The lowest BCUT2D eigenvalue weighted by Gasteiger charge is -2.08. The van der Waals surface area contributed by atoms with E-state index in [4.69, 9.17) is 0 Å². The Hall–Kier alpha value is -1.68. The molecule has 4 heteroatoms. The molecule has 0 aliphatic heterocycles. The van der Waals surface area contributed by atoms with Crippen LogP contribution in [0.4, 0.5) is 5.69 Å². The van der Waals surface area contributed by atoms with Gasteiger partial charge in [0.25, 0.3) is 5.91 Å². The van der Waals surface area contributed by atoms with Crippen molar-refractivity contribution in [2.45, 2.75) is 6.92 Å². The molecule has 0 unspecified atom stereocenters. The van der Waals surface area contributed by atoms with Crippen LogP contribution in [0.2, 0.25) is 0 Å². The fourth-order valence-corrected chi connectivity index (χ4v) is 1.84. The molecule has 0 saturated carbocycles. The molecule has 17 heavy (non-hydrogen) atoms. The summed E-state index contributed by atoms with van der Waals surface area (Å²) in [6.45, 7) is 1.89. The van der Waals surface area contributed by atoms with E-state index in [0.717, 1.165) is 15.7 Å². The van der Waals surface area contributed by atoms with Gasteiger partial charge >= 0.3 is 0 Å².